The Hall–Kier alpha value is -2.25. The van der Waals surface area contributed by atoms with E-state index >= 15 is 0 Å². The minimum Gasteiger partial charge on any atom is -0.507 e. The number of hydroxylamine groups is 1. The van der Waals surface area contributed by atoms with Crippen LogP contribution >= 0.6 is 0 Å². The standard InChI is InChI=1S/C18H25N5O2/c19-18-12-22(14-3-1-6-20-10-14)11-16(21-18)15-9-13(4-5-17(15)24)23-7-2-8-25-23/h4-5,9,12,14,20,24H,1-3,6-8,10-11,19H2. The van der Waals surface area contributed by atoms with Crippen molar-refractivity contribution in [3.63, 3.8) is 0 Å². The molecule has 0 spiro atoms. The van der Waals surface area contributed by atoms with Gasteiger partial charge in [0, 0.05) is 30.9 Å². The van der Waals surface area contributed by atoms with Gasteiger partial charge in [0.25, 0.3) is 0 Å². The summed E-state index contributed by atoms with van der Waals surface area (Å²) in [6.07, 6.45) is 5.23. The van der Waals surface area contributed by atoms with Gasteiger partial charge in [0.2, 0.25) is 0 Å². The highest BCUT2D eigenvalue weighted by Crippen LogP contribution is 2.28. The van der Waals surface area contributed by atoms with Gasteiger partial charge >= 0.3 is 0 Å². The first kappa shape index (κ1) is 16.2. The van der Waals surface area contributed by atoms with Crippen molar-refractivity contribution in [1.82, 2.24) is 10.2 Å². The fourth-order valence-electron chi connectivity index (χ4n) is 3.67. The monoisotopic (exact) mass is 343 g/mol. The summed E-state index contributed by atoms with van der Waals surface area (Å²) in [7, 11) is 0. The lowest BCUT2D eigenvalue weighted by atomic mass is 10.0. The van der Waals surface area contributed by atoms with Gasteiger partial charge in [-0.25, -0.2) is 4.99 Å². The zero-order chi connectivity index (χ0) is 17.2. The molecule has 134 valence electrons. The smallest absolute Gasteiger partial charge is 0.139 e. The molecule has 1 aromatic carbocycles. The molecule has 0 radical (unpaired) electrons. The van der Waals surface area contributed by atoms with E-state index in [1.165, 1.54) is 0 Å². The fourth-order valence-corrected chi connectivity index (χ4v) is 3.67. The molecule has 2 saturated heterocycles. The average Bonchev–Trinajstić information content (AvgIpc) is 3.17. The van der Waals surface area contributed by atoms with Crippen LogP contribution in [-0.2, 0) is 4.84 Å². The molecule has 1 aromatic rings. The molecule has 0 aromatic heterocycles. The van der Waals surface area contributed by atoms with E-state index in [4.69, 9.17) is 10.6 Å². The summed E-state index contributed by atoms with van der Waals surface area (Å²) >= 11 is 0. The number of benzene rings is 1. The van der Waals surface area contributed by atoms with Gasteiger partial charge in [0.1, 0.15) is 11.6 Å². The van der Waals surface area contributed by atoms with Crippen LogP contribution in [0.25, 0.3) is 0 Å². The van der Waals surface area contributed by atoms with Crippen molar-refractivity contribution in [2.24, 2.45) is 10.7 Å². The van der Waals surface area contributed by atoms with Gasteiger partial charge < -0.3 is 21.1 Å². The van der Waals surface area contributed by atoms with Crippen LogP contribution in [0.1, 0.15) is 24.8 Å². The molecule has 0 amide bonds. The largest absolute Gasteiger partial charge is 0.507 e. The zero-order valence-corrected chi connectivity index (χ0v) is 14.3. The van der Waals surface area contributed by atoms with Crippen LogP contribution in [0.5, 0.6) is 5.75 Å². The van der Waals surface area contributed by atoms with Crippen LogP contribution in [-0.4, -0.2) is 54.5 Å². The zero-order valence-electron chi connectivity index (χ0n) is 14.3. The molecule has 0 bridgehead atoms. The Morgan fingerprint density at radius 2 is 2.24 bits per heavy atom. The second kappa shape index (κ2) is 6.93. The third kappa shape index (κ3) is 3.43. The average molecular weight is 343 g/mol. The summed E-state index contributed by atoms with van der Waals surface area (Å²) in [5.41, 5.74) is 8.52. The van der Waals surface area contributed by atoms with Crippen molar-refractivity contribution in [1.29, 1.82) is 0 Å². The Labute approximate surface area is 147 Å². The van der Waals surface area contributed by atoms with E-state index in [2.05, 4.69) is 15.2 Å². The summed E-state index contributed by atoms with van der Waals surface area (Å²) in [6.45, 7) is 4.26. The maximum atomic E-state index is 10.4. The molecule has 25 heavy (non-hydrogen) atoms. The Balaban J connectivity index is 1.59. The maximum Gasteiger partial charge on any atom is 0.139 e. The van der Waals surface area contributed by atoms with Gasteiger partial charge in [0.15, 0.2) is 0 Å². The lowest BCUT2D eigenvalue weighted by Gasteiger charge is -2.36. The second-order valence-corrected chi connectivity index (χ2v) is 6.78. The van der Waals surface area contributed by atoms with Gasteiger partial charge in [-0.2, -0.15) is 0 Å². The highest BCUT2D eigenvalue weighted by molar-refractivity contribution is 6.05. The van der Waals surface area contributed by atoms with Crippen LogP contribution in [0.3, 0.4) is 0 Å². The summed E-state index contributed by atoms with van der Waals surface area (Å²) in [5.74, 6) is 0.701. The van der Waals surface area contributed by atoms with Crippen molar-refractivity contribution in [3.8, 4) is 5.75 Å². The number of aliphatic imine (C=N–C) groups is 1. The van der Waals surface area contributed by atoms with Crippen LogP contribution in [0.4, 0.5) is 5.69 Å². The molecule has 1 unspecified atom stereocenters. The lowest BCUT2D eigenvalue weighted by molar-refractivity contribution is 0.168. The predicted molar refractivity (Wildman–Crippen MR) is 97.4 cm³/mol. The number of phenols is 1. The summed E-state index contributed by atoms with van der Waals surface area (Å²) in [4.78, 5) is 12.4. The molecular formula is C18H25N5O2. The molecule has 0 aliphatic carbocycles. The highest BCUT2D eigenvalue weighted by Gasteiger charge is 2.25. The number of rotatable bonds is 3. The Bertz CT molecular complexity index is 691. The predicted octanol–water partition coefficient (Wildman–Crippen LogP) is 1.15. The number of hydrogen-bond acceptors (Lipinski definition) is 7. The SMILES string of the molecule is NC1=CN(C2CCCNC2)CC(c2cc(N3CCCO3)ccc2O)=N1. The van der Waals surface area contributed by atoms with Crippen molar-refractivity contribution < 1.29 is 9.94 Å². The molecule has 3 aliphatic heterocycles. The van der Waals surface area contributed by atoms with E-state index in [9.17, 15) is 5.11 Å². The minimum absolute atomic E-state index is 0.220. The number of nitrogens with zero attached hydrogens (tertiary/aromatic N) is 3. The summed E-state index contributed by atoms with van der Waals surface area (Å²) in [5, 5.41) is 15.7. The van der Waals surface area contributed by atoms with Crippen LogP contribution in [0.2, 0.25) is 0 Å². The third-order valence-corrected chi connectivity index (χ3v) is 4.97. The van der Waals surface area contributed by atoms with Crippen LogP contribution in [0, 0.1) is 0 Å². The molecule has 0 saturated carbocycles. The first-order chi connectivity index (χ1) is 12.2. The van der Waals surface area contributed by atoms with E-state index in [0.29, 0.717) is 18.4 Å². The quantitative estimate of drug-likeness (QED) is 0.763. The van der Waals surface area contributed by atoms with E-state index in [0.717, 1.165) is 62.5 Å². The molecular weight excluding hydrogens is 318 g/mol. The number of piperidine rings is 1. The first-order valence-corrected chi connectivity index (χ1v) is 8.96. The maximum absolute atomic E-state index is 10.4. The molecule has 3 aliphatic rings. The first-order valence-electron chi connectivity index (χ1n) is 8.96. The summed E-state index contributed by atoms with van der Waals surface area (Å²) < 4.78 is 0. The Kier molecular flexibility index (Phi) is 4.50. The molecule has 2 fully saturated rings. The van der Waals surface area contributed by atoms with E-state index < -0.39 is 0 Å². The fraction of sp³-hybridized carbons (Fsp3) is 0.500. The Morgan fingerprint density at radius 3 is 3.00 bits per heavy atom. The number of aromatic hydroxyl groups is 1. The molecule has 3 heterocycles. The second-order valence-electron chi connectivity index (χ2n) is 6.78. The highest BCUT2D eigenvalue weighted by atomic mass is 16.7. The van der Waals surface area contributed by atoms with Gasteiger partial charge in [0.05, 0.1) is 24.6 Å². The van der Waals surface area contributed by atoms with Crippen LogP contribution < -0.4 is 16.1 Å². The number of nitrogens with one attached hydrogen (secondary N) is 1. The normalized spacial score (nSPS) is 24.2. The minimum atomic E-state index is 0.220. The molecule has 4 rings (SSSR count). The van der Waals surface area contributed by atoms with E-state index in [1.54, 1.807) is 6.07 Å². The van der Waals surface area contributed by atoms with Crippen LogP contribution in [0.15, 0.2) is 35.2 Å². The Morgan fingerprint density at radius 1 is 1.32 bits per heavy atom. The van der Waals surface area contributed by atoms with Crippen molar-refractivity contribution in [3.05, 3.63) is 35.8 Å². The molecule has 7 nitrogen and oxygen atoms in total. The summed E-state index contributed by atoms with van der Waals surface area (Å²) in [6, 6.07) is 5.92. The number of nitrogens with two attached hydrogens (primary N) is 1. The molecule has 4 N–H and O–H groups in total. The number of hydrogen-bond donors (Lipinski definition) is 3. The number of anilines is 1. The third-order valence-electron chi connectivity index (χ3n) is 4.97. The van der Waals surface area contributed by atoms with E-state index in [-0.39, 0.29) is 5.75 Å². The lowest BCUT2D eigenvalue weighted by Crippen LogP contribution is -2.46. The number of phenolic OH excluding ortho intramolecular Hbond substituents is 1. The van der Waals surface area contributed by atoms with Crippen molar-refractivity contribution in [2.75, 3.05) is 37.8 Å². The van der Waals surface area contributed by atoms with Gasteiger partial charge in [-0.1, -0.05) is 0 Å². The van der Waals surface area contributed by atoms with Gasteiger partial charge in [-0.3, -0.25) is 9.90 Å². The van der Waals surface area contributed by atoms with Gasteiger partial charge in [-0.15, -0.1) is 0 Å². The van der Waals surface area contributed by atoms with E-state index in [1.807, 2.05) is 23.4 Å². The van der Waals surface area contributed by atoms with Crippen molar-refractivity contribution in [2.45, 2.75) is 25.3 Å². The topological polar surface area (TPSA) is 86.4 Å². The van der Waals surface area contributed by atoms with Crippen molar-refractivity contribution >= 4 is 11.4 Å². The van der Waals surface area contributed by atoms with Gasteiger partial charge in [-0.05, 0) is 44.0 Å². The molecule has 1 atom stereocenters. The molecule has 7 heteroatoms.